The quantitative estimate of drug-likeness (QED) is 0.385. The van der Waals surface area contributed by atoms with Crippen LogP contribution in [-0.4, -0.2) is 39.9 Å². The van der Waals surface area contributed by atoms with Crippen molar-refractivity contribution in [1.82, 2.24) is 0 Å². The highest BCUT2D eigenvalue weighted by atomic mass is 32.2. The van der Waals surface area contributed by atoms with Gasteiger partial charge in [0.1, 0.15) is 4.90 Å². The summed E-state index contributed by atoms with van der Waals surface area (Å²) in [5.74, 6) is 0. The average molecular weight is 289 g/mol. The van der Waals surface area contributed by atoms with Crippen molar-refractivity contribution in [3.8, 4) is 0 Å². The first-order chi connectivity index (χ1) is 8.95. The predicted octanol–water partition coefficient (Wildman–Crippen LogP) is -0.273. The van der Waals surface area contributed by atoms with Gasteiger partial charge in [0.25, 0.3) is 0 Å². The van der Waals surface area contributed by atoms with Crippen LogP contribution in [-0.2, 0) is 14.8 Å². The Balaban J connectivity index is 2.46. The van der Waals surface area contributed by atoms with Gasteiger partial charge in [-0.3, -0.25) is 0 Å². The lowest BCUT2D eigenvalue weighted by Crippen LogP contribution is -2.14. The monoisotopic (exact) mass is 289 g/mol. The molecular weight excluding hydrogens is 270 g/mol. The van der Waals surface area contributed by atoms with Crippen LogP contribution in [0.1, 0.15) is 6.42 Å². The molecule has 8 heteroatoms. The third-order valence-electron chi connectivity index (χ3n) is 2.35. The van der Waals surface area contributed by atoms with Gasteiger partial charge < -0.3 is 20.9 Å². The van der Waals surface area contributed by atoms with Crippen LogP contribution in [0, 0.1) is 0 Å². The topological polar surface area (TPSA) is 128 Å². The van der Waals surface area contributed by atoms with Gasteiger partial charge in [-0.05, 0) is 24.6 Å². The Morgan fingerprint density at radius 3 is 2.63 bits per heavy atom. The molecule has 0 aliphatic rings. The molecule has 0 fully saturated rings. The number of aliphatic hydroxyl groups is 1. The van der Waals surface area contributed by atoms with Crippen LogP contribution in [0.15, 0.2) is 23.1 Å². The fourth-order valence-electron chi connectivity index (χ4n) is 1.49. The molecule has 0 aromatic heterocycles. The molecule has 0 amide bonds. The fraction of sp³-hybridized carbons (Fsp3) is 0.455. The number of anilines is 2. The summed E-state index contributed by atoms with van der Waals surface area (Å²) in [6, 6.07) is 4.49. The molecule has 7 nitrogen and oxygen atoms in total. The Kier molecular flexibility index (Phi) is 6.03. The van der Waals surface area contributed by atoms with Gasteiger partial charge in [-0.2, -0.15) is 0 Å². The number of hydrogen-bond acceptors (Lipinski definition) is 6. The van der Waals surface area contributed by atoms with Gasteiger partial charge >= 0.3 is 0 Å². The van der Waals surface area contributed by atoms with Gasteiger partial charge in [-0.25, -0.2) is 13.6 Å². The third-order valence-corrected chi connectivity index (χ3v) is 3.33. The standard InChI is InChI=1S/C11H19N3O4S/c12-10-8-9(2-3-11(10)19(13,16)17)14-4-1-6-18-7-5-15/h2-3,8,14-15H,1,4-7,12H2,(H2,13,16,17). The van der Waals surface area contributed by atoms with Crippen molar-refractivity contribution < 1.29 is 18.3 Å². The molecule has 19 heavy (non-hydrogen) atoms. The molecule has 1 rings (SSSR count). The molecule has 0 atom stereocenters. The van der Waals surface area contributed by atoms with Crippen molar-refractivity contribution in [1.29, 1.82) is 0 Å². The lowest BCUT2D eigenvalue weighted by molar-refractivity contribution is 0.0922. The van der Waals surface area contributed by atoms with E-state index in [9.17, 15) is 8.42 Å². The van der Waals surface area contributed by atoms with Crippen LogP contribution in [0.3, 0.4) is 0 Å². The van der Waals surface area contributed by atoms with Crippen LogP contribution in [0.5, 0.6) is 0 Å². The zero-order valence-electron chi connectivity index (χ0n) is 10.5. The van der Waals surface area contributed by atoms with E-state index >= 15 is 0 Å². The van der Waals surface area contributed by atoms with E-state index in [0.29, 0.717) is 25.4 Å². The number of nitrogen functional groups attached to an aromatic ring is 1. The van der Waals surface area contributed by atoms with E-state index in [2.05, 4.69) is 5.32 Å². The van der Waals surface area contributed by atoms with Crippen molar-refractivity contribution in [2.75, 3.05) is 37.4 Å². The molecule has 0 saturated heterocycles. The second-order valence-corrected chi connectivity index (χ2v) is 5.44. The molecule has 1 aromatic carbocycles. The third kappa shape index (κ3) is 5.43. The van der Waals surface area contributed by atoms with Gasteiger partial charge in [-0.1, -0.05) is 0 Å². The summed E-state index contributed by atoms with van der Waals surface area (Å²) in [5, 5.41) is 16.6. The van der Waals surface area contributed by atoms with Crippen molar-refractivity contribution in [2.24, 2.45) is 5.14 Å². The first-order valence-corrected chi connectivity index (χ1v) is 7.34. The van der Waals surface area contributed by atoms with Crippen molar-refractivity contribution >= 4 is 21.4 Å². The van der Waals surface area contributed by atoms with Gasteiger partial charge in [-0.15, -0.1) is 0 Å². The molecule has 0 spiro atoms. The van der Waals surface area contributed by atoms with Crippen LogP contribution in [0.4, 0.5) is 11.4 Å². The van der Waals surface area contributed by atoms with Crippen LogP contribution in [0.25, 0.3) is 0 Å². The van der Waals surface area contributed by atoms with E-state index in [0.717, 1.165) is 6.42 Å². The Hall–Kier alpha value is -1.35. The number of sulfonamides is 1. The number of benzene rings is 1. The Bertz CT molecular complexity index is 505. The number of nitrogens with two attached hydrogens (primary N) is 2. The maximum Gasteiger partial charge on any atom is 0.240 e. The fourth-order valence-corrected chi connectivity index (χ4v) is 2.14. The van der Waals surface area contributed by atoms with E-state index in [1.807, 2.05) is 0 Å². The van der Waals surface area contributed by atoms with Crippen LogP contribution >= 0.6 is 0 Å². The van der Waals surface area contributed by atoms with Gasteiger partial charge in [0.05, 0.1) is 18.9 Å². The summed E-state index contributed by atoms with van der Waals surface area (Å²) >= 11 is 0. The average Bonchev–Trinajstić information content (AvgIpc) is 2.32. The molecule has 0 aliphatic carbocycles. The number of ether oxygens (including phenoxy) is 1. The molecule has 0 saturated carbocycles. The summed E-state index contributed by atoms with van der Waals surface area (Å²) < 4.78 is 27.4. The second-order valence-electron chi connectivity index (χ2n) is 3.91. The Morgan fingerprint density at radius 2 is 2.05 bits per heavy atom. The van der Waals surface area contributed by atoms with Crippen molar-refractivity contribution in [2.45, 2.75) is 11.3 Å². The van der Waals surface area contributed by atoms with Gasteiger partial charge in [0.2, 0.25) is 10.0 Å². The smallest absolute Gasteiger partial charge is 0.240 e. The van der Waals surface area contributed by atoms with E-state index in [1.165, 1.54) is 12.1 Å². The summed E-state index contributed by atoms with van der Waals surface area (Å²) in [6.07, 6.45) is 0.761. The molecule has 6 N–H and O–H groups in total. The Labute approximate surface area is 112 Å². The highest BCUT2D eigenvalue weighted by Crippen LogP contribution is 2.21. The molecular formula is C11H19N3O4S. The normalized spacial score (nSPS) is 11.5. The lowest BCUT2D eigenvalue weighted by atomic mass is 10.2. The maximum absolute atomic E-state index is 11.2. The van der Waals surface area contributed by atoms with E-state index in [1.54, 1.807) is 6.07 Å². The van der Waals surface area contributed by atoms with Crippen molar-refractivity contribution in [3.63, 3.8) is 0 Å². The van der Waals surface area contributed by atoms with E-state index < -0.39 is 10.0 Å². The van der Waals surface area contributed by atoms with Crippen LogP contribution < -0.4 is 16.2 Å². The van der Waals surface area contributed by atoms with E-state index in [4.69, 9.17) is 20.7 Å². The summed E-state index contributed by atoms with van der Waals surface area (Å²) in [7, 11) is -3.78. The summed E-state index contributed by atoms with van der Waals surface area (Å²) in [6.45, 7) is 1.53. The molecule has 0 bridgehead atoms. The number of hydrogen-bond donors (Lipinski definition) is 4. The Morgan fingerprint density at radius 1 is 1.32 bits per heavy atom. The highest BCUT2D eigenvalue weighted by molar-refractivity contribution is 7.89. The second kappa shape index (κ2) is 7.29. The van der Waals surface area contributed by atoms with Crippen LogP contribution in [0.2, 0.25) is 0 Å². The largest absolute Gasteiger partial charge is 0.398 e. The molecule has 108 valence electrons. The first kappa shape index (κ1) is 15.7. The maximum atomic E-state index is 11.2. The van der Waals surface area contributed by atoms with Crippen molar-refractivity contribution in [3.05, 3.63) is 18.2 Å². The minimum absolute atomic E-state index is 0.0129. The molecule has 0 radical (unpaired) electrons. The zero-order valence-corrected chi connectivity index (χ0v) is 11.3. The molecule has 0 unspecified atom stereocenters. The minimum atomic E-state index is -3.78. The molecule has 1 aromatic rings. The number of rotatable bonds is 8. The predicted molar refractivity (Wildman–Crippen MR) is 73.2 cm³/mol. The van der Waals surface area contributed by atoms with Gasteiger partial charge in [0, 0.05) is 18.8 Å². The number of primary sulfonamides is 1. The number of nitrogens with one attached hydrogen (secondary N) is 1. The summed E-state index contributed by atoms with van der Waals surface area (Å²) in [5.41, 5.74) is 6.46. The highest BCUT2D eigenvalue weighted by Gasteiger charge is 2.11. The van der Waals surface area contributed by atoms with E-state index in [-0.39, 0.29) is 17.2 Å². The first-order valence-electron chi connectivity index (χ1n) is 5.80. The number of aliphatic hydroxyl groups excluding tert-OH is 1. The summed E-state index contributed by atoms with van der Waals surface area (Å²) in [4.78, 5) is -0.0793. The molecule has 0 heterocycles. The SMILES string of the molecule is Nc1cc(NCCCOCCO)ccc1S(N)(=O)=O. The van der Waals surface area contributed by atoms with Gasteiger partial charge in [0.15, 0.2) is 0 Å². The lowest BCUT2D eigenvalue weighted by Gasteiger charge is -2.09. The minimum Gasteiger partial charge on any atom is -0.398 e. The zero-order chi connectivity index (χ0) is 14.3. The molecule has 0 aliphatic heterocycles.